The summed E-state index contributed by atoms with van der Waals surface area (Å²) in [6, 6.07) is 19.2. The molecule has 0 radical (unpaired) electrons. The monoisotopic (exact) mass is 336 g/mol. The second-order valence-electron chi connectivity index (χ2n) is 5.45. The van der Waals surface area contributed by atoms with Gasteiger partial charge < -0.3 is 10.1 Å². The second-order valence-corrected chi connectivity index (χ2v) is 6.43. The quantitative estimate of drug-likeness (QED) is 0.764. The maximum absolute atomic E-state index is 13.2. The summed E-state index contributed by atoms with van der Waals surface area (Å²) in [5.74, 6) is 0.640. The summed E-state index contributed by atoms with van der Waals surface area (Å²) in [5.41, 5.74) is 2.27. The Bertz CT molecular complexity index is 877. The molecule has 0 unspecified atom stereocenters. The van der Waals surface area contributed by atoms with Gasteiger partial charge in [-0.1, -0.05) is 30.3 Å². The van der Waals surface area contributed by atoms with Crippen molar-refractivity contribution in [3.05, 3.63) is 76.5 Å². The van der Waals surface area contributed by atoms with Gasteiger partial charge in [0.05, 0.1) is 18.4 Å². The van der Waals surface area contributed by atoms with Crippen molar-refractivity contribution in [3.8, 4) is 5.75 Å². The number of methoxy groups -OCH3 is 1. The SMILES string of the molecule is COc1ccccc1N1C(=O)c2ccccc2N[C@@H]1c1cccs1. The van der Waals surface area contributed by atoms with Crippen LogP contribution in [0.25, 0.3) is 0 Å². The molecule has 2 aromatic carbocycles. The van der Waals surface area contributed by atoms with E-state index in [9.17, 15) is 4.79 Å². The molecule has 120 valence electrons. The number of benzene rings is 2. The molecule has 1 aliphatic rings. The van der Waals surface area contributed by atoms with Crippen molar-refractivity contribution in [1.82, 2.24) is 0 Å². The Kier molecular flexibility index (Phi) is 3.70. The normalized spacial score (nSPS) is 16.5. The number of fused-ring (bicyclic) bond motifs is 1. The van der Waals surface area contributed by atoms with Crippen molar-refractivity contribution < 1.29 is 9.53 Å². The first-order valence-electron chi connectivity index (χ1n) is 7.65. The van der Waals surface area contributed by atoms with E-state index in [0.29, 0.717) is 11.3 Å². The second kappa shape index (κ2) is 6.02. The first kappa shape index (κ1) is 14.8. The highest BCUT2D eigenvalue weighted by Gasteiger charge is 2.35. The molecule has 5 heteroatoms. The van der Waals surface area contributed by atoms with Crippen LogP contribution in [0, 0.1) is 0 Å². The molecule has 0 fully saturated rings. The van der Waals surface area contributed by atoms with E-state index >= 15 is 0 Å². The van der Waals surface area contributed by atoms with Crippen molar-refractivity contribution in [3.63, 3.8) is 0 Å². The molecule has 3 aromatic rings. The van der Waals surface area contributed by atoms with Crippen LogP contribution in [0.1, 0.15) is 21.4 Å². The number of amides is 1. The van der Waals surface area contributed by atoms with Crippen LogP contribution in [0.5, 0.6) is 5.75 Å². The Morgan fingerprint density at radius 3 is 2.62 bits per heavy atom. The van der Waals surface area contributed by atoms with Crippen LogP contribution >= 0.6 is 11.3 Å². The predicted molar refractivity (Wildman–Crippen MR) is 96.9 cm³/mol. The lowest BCUT2D eigenvalue weighted by atomic mass is 10.1. The predicted octanol–water partition coefficient (Wildman–Crippen LogP) is 4.53. The van der Waals surface area contributed by atoms with Crippen LogP contribution < -0.4 is 15.0 Å². The molecule has 0 saturated carbocycles. The van der Waals surface area contributed by atoms with Crippen molar-refractivity contribution in [1.29, 1.82) is 0 Å². The number of hydrogen-bond donors (Lipinski definition) is 1. The molecule has 1 aromatic heterocycles. The van der Waals surface area contributed by atoms with Crippen molar-refractivity contribution in [2.24, 2.45) is 0 Å². The van der Waals surface area contributed by atoms with Gasteiger partial charge in [0, 0.05) is 10.6 Å². The van der Waals surface area contributed by atoms with Crippen molar-refractivity contribution in [2.45, 2.75) is 6.17 Å². The molecular weight excluding hydrogens is 320 g/mol. The molecule has 1 amide bonds. The average Bonchev–Trinajstić information content (AvgIpc) is 3.16. The number of hydrogen-bond acceptors (Lipinski definition) is 4. The maximum atomic E-state index is 13.2. The molecule has 0 saturated heterocycles. The summed E-state index contributed by atoms with van der Waals surface area (Å²) in [6.07, 6.45) is -0.260. The van der Waals surface area contributed by atoms with Gasteiger partial charge in [0.25, 0.3) is 5.91 Å². The summed E-state index contributed by atoms with van der Waals surface area (Å²) in [7, 11) is 1.62. The third-order valence-electron chi connectivity index (χ3n) is 4.08. The molecule has 4 nitrogen and oxygen atoms in total. The highest BCUT2D eigenvalue weighted by molar-refractivity contribution is 7.10. The number of thiophene rings is 1. The zero-order valence-corrected chi connectivity index (χ0v) is 13.9. The van der Waals surface area contributed by atoms with E-state index in [1.54, 1.807) is 23.3 Å². The topological polar surface area (TPSA) is 41.6 Å². The zero-order chi connectivity index (χ0) is 16.5. The summed E-state index contributed by atoms with van der Waals surface area (Å²) in [5, 5.41) is 5.51. The largest absolute Gasteiger partial charge is 0.495 e. The third-order valence-corrected chi connectivity index (χ3v) is 5.01. The Morgan fingerprint density at radius 1 is 1.04 bits per heavy atom. The number of rotatable bonds is 3. The fourth-order valence-electron chi connectivity index (χ4n) is 2.98. The molecule has 1 aliphatic heterocycles. The lowest BCUT2D eigenvalue weighted by Crippen LogP contribution is -2.43. The van der Waals surface area contributed by atoms with Crippen LogP contribution in [0.2, 0.25) is 0 Å². The average molecular weight is 336 g/mol. The van der Waals surface area contributed by atoms with Gasteiger partial charge in [0.15, 0.2) is 0 Å². The summed E-state index contributed by atoms with van der Waals surface area (Å²) in [6.45, 7) is 0. The fraction of sp³-hybridized carbons (Fsp3) is 0.105. The molecule has 1 atom stereocenters. The fourth-order valence-corrected chi connectivity index (χ4v) is 3.74. The Hall–Kier alpha value is -2.79. The molecule has 0 aliphatic carbocycles. The van der Waals surface area contributed by atoms with Gasteiger partial charge in [0.2, 0.25) is 0 Å². The lowest BCUT2D eigenvalue weighted by Gasteiger charge is -2.37. The first-order valence-corrected chi connectivity index (χ1v) is 8.53. The third kappa shape index (κ3) is 2.34. The molecular formula is C19H16N2O2S. The number of carbonyl (C=O) groups excluding carboxylic acids is 1. The maximum Gasteiger partial charge on any atom is 0.262 e. The first-order chi connectivity index (χ1) is 11.8. The minimum absolute atomic E-state index is 0.0350. The van der Waals surface area contributed by atoms with Gasteiger partial charge in [-0.3, -0.25) is 9.69 Å². The summed E-state index contributed by atoms with van der Waals surface area (Å²) in [4.78, 5) is 16.1. The van der Waals surface area contributed by atoms with Gasteiger partial charge in [-0.05, 0) is 35.7 Å². The van der Waals surface area contributed by atoms with E-state index in [0.717, 1.165) is 16.3 Å². The Balaban J connectivity index is 1.89. The number of ether oxygens (including phenoxy) is 1. The van der Waals surface area contributed by atoms with E-state index in [1.165, 1.54) is 0 Å². The molecule has 0 bridgehead atoms. The Labute approximate surface area is 144 Å². The van der Waals surface area contributed by atoms with Gasteiger partial charge in [0.1, 0.15) is 11.9 Å². The van der Waals surface area contributed by atoms with Gasteiger partial charge in [-0.15, -0.1) is 11.3 Å². The van der Waals surface area contributed by atoms with E-state index in [4.69, 9.17) is 4.74 Å². The van der Waals surface area contributed by atoms with E-state index in [2.05, 4.69) is 5.32 Å². The molecule has 2 heterocycles. The molecule has 24 heavy (non-hydrogen) atoms. The van der Waals surface area contributed by atoms with Crippen LogP contribution in [0.15, 0.2) is 66.0 Å². The standard InChI is InChI=1S/C19H16N2O2S/c1-23-16-10-5-4-9-15(16)21-18(17-11-6-12-24-17)20-14-8-3-2-7-13(14)19(21)22/h2-12,18,20H,1H3/t18-/m0/s1. The lowest BCUT2D eigenvalue weighted by molar-refractivity contribution is 0.0974. The van der Waals surface area contributed by atoms with Crippen molar-refractivity contribution >= 4 is 28.6 Å². The number of nitrogens with zero attached hydrogens (tertiary/aromatic N) is 1. The van der Waals surface area contributed by atoms with Crippen LogP contribution in [-0.2, 0) is 0 Å². The van der Waals surface area contributed by atoms with E-state index in [-0.39, 0.29) is 12.1 Å². The van der Waals surface area contributed by atoms with Gasteiger partial charge >= 0.3 is 0 Å². The number of anilines is 2. The minimum Gasteiger partial charge on any atom is -0.495 e. The van der Waals surface area contributed by atoms with E-state index in [1.807, 2.05) is 66.0 Å². The zero-order valence-electron chi connectivity index (χ0n) is 13.1. The number of nitrogens with one attached hydrogen (secondary N) is 1. The van der Waals surface area contributed by atoms with Crippen molar-refractivity contribution in [2.75, 3.05) is 17.3 Å². The van der Waals surface area contributed by atoms with E-state index < -0.39 is 0 Å². The Morgan fingerprint density at radius 2 is 1.83 bits per heavy atom. The van der Waals surface area contributed by atoms with Crippen LogP contribution in [0.3, 0.4) is 0 Å². The highest BCUT2D eigenvalue weighted by atomic mass is 32.1. The molecule has 1 N–H and O–H groups in total. The van der Waals surface area contributed by atoms with Crippen LogP contribution in [-0.4, -0.2) is 13.0 Å². The van der Waals surface area contributed by atoms with Crippen LogP contribution in [0.4, 0.5) is 11.4 Å². The summed E-state index contributed by atoms with van der Waals surface area (Å²) < 4.78 is 5.48. The molecule has 0 spiro atoms. The number of carbonyl (C=O) groups is 1. The minimum atomic E-state index is -0.260. The highest BCUT2D eigenvalue weighted by Crippen LogP contribution is 2.41. The van der Waals surface area contributed by atoms with Gasteiger partial charge in [-0.2, -0.15) is 0 Å². The number of para-hydroxylation sites is 3. The van der Waals surface area contributed by atoms with Gasteiger partial charge in [-0.25, -0.2) is 0 Å². The summed E-state index contributed by atoms with van der Waals surface area (Å²) >= 11 is 1.62. The molecule has 4 rings (SSSR count). The smallest absolute Gasteiger partial charge is 0.262 e.